The number of fused-ring (bicyclic) bond motifs is 1. The van der Waals surface area contributed by atoms with Crippen molar-refractivity contribution in [2.45, 2.75) is 19.1 Å². The van der Waals surface area contributed by atoms with Crippen LogP contribution in [0.1, 0.15) is 23.7 Å². The lowest BCUT2D eigenvalue weighted by Gasteiger charge is -2.19. The van der Waals surface area contributed by atoms with Crippen molar-refractivity contribution < 1.29 is 4.74 Å². The first-order chi connectivity index (χ1) is 11.4. The third-order valence-corrected chi connectivity index (χ3v) is 4.04. The fourth-order valence-electron chi connectivity index (χ4n) is 2.78. The SMILES string of the molecule is CNCCC(OCc1cccc2ccncc12)c1ccccc1. The third kappa shape index (κ3) is 3.95. The molecule has 1 aromatic heterocycles. The second kappa shape index (κ2) is 7.86. The molecule has 0 aliphatic carbocycles. The Morgan fingerprint density at radius 1 is 1.04 bits per heavy atom. The molecule has 0 aliphatic rings. The van der Waals surface area contributed by atoms with Crippen LogP contribution in [-0.4, -0.2) is 18.6 Å². The highest BCUT2D eigenvalue weighted by atomic mass is 16.5. The van der Waals surface area contributed by atoms with Crippen LogP contribution in [0.2, 0.25) is 0 Å². The number of hydrogen-bond donors (Lipinski definition) is 1. The van der Waals surface area contributed by atoms with E-state index in [9.17, 15) is 0 Å². The van der Waals surface area contributed by atoms with E-state index in [1.165, 1.54) is 16.5 Å². The standard InChI is InChI=1S/C20H22N2O/c1-21-12-11-20(17-6-3-2-4-7-17)23-15-18-9-5-8-16-10-13-22-14-19(16)18/h2-10,13-14,20-21H,11-12,15H2,1H3. The normalized spacial score (nSPS) is 12.4. The molecule has 1 unspecified atom stereocenters. The van der Waals surface area contributed by atoms with Crippen LogP contribution in [-0.2, 0) is 11.3 Å². The van der Waals surface area contributed by atoms with Gasteiger partial charge in [0.1, 0.15) is 0 Å². The van der Waals surface area contributed by atoms with E-state index in [4.69, 9.17) is 4.74 Å². The molecule has 1 N–H and O–H groups in total. The number of nitrogens with one attached hydrogen (secondary N) is 1. The molecule has 23 heavy (non-hydrogen) atoms. The molecule has 0 amide bonds. The van der Waals surface area contributed by atoms with Crippen molar-refractivity contribution in [2.75, 3.05) is 13.6 Å². The minimum atomic E-state index is 0.0931. The van der Waals surface area contributed by atoms with Crippen molar-refractivity contribution in [2.24, 2.45) is 0 Å². The monoisotopic (exact) mass is 306 g/mol. The fraction of sp³-hybridized carbons (Fsp3) is 0.250. The summed E-state index contributed by atoms with van der Waals surface area (Å²) in [5, 5.41) is 5.57. The van der Waals surface area contributed by atoms with E-state index in [-0.39, 0.29) is 6.10 Å². The summed E-state index contributed by atoms with van der Waals surface area (Å²) in [5.74, 6) is 0. The first kappa shape index (κ1) is 15.7. The lowest BCUT2D eigenvalue weighted by Crippen LogP contribution is -2.14. The van der Waals surface area contributed by atoms with Crippen LogP contribution < -0.4 is 5.32 Å². The zero-order chi connectivity index (χ0) is 15.9. The van der Waals surface area contributed by atoms with Crippen LogP contribution in [0.25, 0.3) is 10.8 Å². The van der Waals surface area contributed by atoms with Gasteiger partial charge in [0.05, 0.1) is 12.7 Å². The van der Waals surface area contributed by atoms with Crippen molar-refractivity contribution in [3.05, 3.63) is 78.1 Å². The molecule has 118 valence electrons. The van der Waals surface area contributed by atoms with E-state index in [1.54, 1.807) is 0 Å². The van der Waals surface area contributed by atoms with E-state index in [0.29, 0.717) is 6.61 Å². The third-order valence-electron chi connectivity index (χ3n) is 4.04. The van der Waals surface area contributed by atoms with E-state index in [1.807, 2.05) is 31.6 Å². The Kier molecular flexibility index (Phi) is 5.35. The zero-order valence-corrected chi connectivity index (χ0v) is 13.4. The molecule has 1 heterocycles. The van der Waals surface area contributed by atoms with Crippen LogP contribution >= 0.6 is 0 Å². The molecule has 0 saturated heterocycles. The number of benzene rings is 2. The largest absolute Gasteiger partial charge is 0.369 e. The highest BCUT2D eigenvalue weighted by Crippen LogP contribution is 2.24. The molecule has 3 heteroatoms. The Morgan fingerprint density at radius 3 is 2.74 bits per heavy atom. The number of aromatic nitrogens is 1. The summed E-state index contributed by atoms with van der Waals surface area (Å²) in [6.45, 7) is 1.52. The Morgan fingerprint density at radius 2 is 1.91 bits per heavy atom. The van der Waals surface area contributed by atoms with Gasteiger partial charge in [0, 0.05) is 17.8 Å². The lowest BCUT2D eigenvalue weighted by atomic mass is 10.1. The quantitative estimate of drug-likeness (QED) is 0.713. The van der Waals surface area contributed by atoms with Crippen LogP contribution in [0, 0.1) is 0 Å². The number of hydrogen-bond acceptors (Lipinski definition) is 3. The Balaban J connectivity index is 1.77. The number of pyridine rings is 1. The Bertz CT molecular complexity index is 737. The van der Waals surface area contributed by atoms with Gasteiger partial charge >= 0.3 is 0 Å². The van der Waals surface area contributed by atoms with E-state index in [0.717, 1.165) is 18.4 Å². The van der Waals surface area contributed by atoms with Crippen molar-refractivity contribution in [1.82, 2.24) is 10.3 Å². The molecule has 0 aliphatic heterocycles. The lowest BCUT2D eigenvalue weighted by molar-refractivity contribution is 0.0350. The molecule has 3 aromatic rings. The molecule has 0 fully saturated rings. The van der Waals surface area contributed by atoms with Crippen molar-refractivity contribution in [3.8, 4) is 0 Å². The maximum absolute atomic E-state index is 6.26. The first-order valence-electron chi connectivity index (χ1n) is 8.01. The maximum Gasteiger partial charge on any atom is 0.0841 e. The highest BCUT2D eigenvalue weighted by molar-refractivity contribution is 5.84. The maximum atomic E-state index is 6.26. The van der Waals surface area contributed by atoms with Crippen LogP contribution in [0.5, 0.6) is 0 Å². The summed E-state index contributed by atoms with van der Waals surface area (Å²) in [6, 6.07) is 18.8. The van der Waals surface area contributed by atoms with Gasteiger partial charge < -0.3 is 10.1 Å². The van der Waals surface area contributed by atoms with Crippen LogP contribution in [0.3, 0.4) is 0 Å². The molecule has 1 atom stereocenters. The highest BCUT2D eigenvalue weighted by Gasteiger charge is 2.12. The smallest absolute Gasteiger partial charge is 0.0841 e. The first-order valence-corrected chi connectivity index (χ1v) is 8.01. The van der Waals surface area contributed by atoms with Gasteiger partial charge in [-0.15, -0.1) is 0 Å². The molecule has 2 aromatic carbocycles. The fourth-order valence-corrected chi connectivity index (χ4v) is 2.78. The van der Waals surface area contributed by atoms with Crippen molar-refractivity contribution in [3.63, 3.8) is 0 Å². The van der Waals surface area contributed by atoms with Crippen LogP contribution in [0.15, 0.2) is 67.0 Å². The molecule has 0 saturated carbocycles. The summed E-state index contributed by atoms with van der Waals surface area (Å²) in [7, 11) is 1.97. The molecule has 0 spiro atoms. The zero-order valence-electron chi connectivity index (χ0n) is 13.4. The molecule has 0 bridgehead atoms. The van der Waals surface area contributed by atoms with Gasteiger partial charge in [-0.2, -0.15) is 0 Å². The summed E-state index contributed by atoms with van der Waals surface area (Å²) in [6.07, 6.45) is 4.78. The number of rotatable bonds is 7. The van der Waals surface area contributed by atoms with E-state index >= 15 is 0 Å². The summed E-state index contributed by atoms with van der Waals surface area (Å²) < 4.78 is 6.26. The van der Waals surface area contributed by atoms with Crippen molar-refractivity contribution in [1.29, 1.82) is 0 Å². The Hall–Kier alpha value is -2.23. The number of ether oxygens (including phenoxy) is 1. The predicted octanol–water partition coefficient (Wildman–Crippen LogP) is 4.10. The number of nitrogens with zero attached hydrogens (tertiary/aromatic N) is 1. The topological polar surface area (TPSA) is 34.1 Å². The minimum absolute atomic E-state index is 0.0931. The second-order valence-corrected chi connectivity index (χ2v) is 5.62. The van der Waals surface area contributed by atoms with Gasteiger partial charge in [0.15, 0.2) is 0 Å². The van der Waals surface area contributed by atoms with Gasteiger partial charge in [-0.1, -0.05) is 48.5 Å². The van der Waals surface area contributed by atoms with Gasteiger partial charge in [0.25, 0.3) is 0 Å². The van der Waals surface area contributed by atoms with Gasteiger partial charge in [-0.05, 0) is 42.6 Å². The predicted molar refractivity (Wildman–Crippen MR) is 94.3 cm³/mol. The summed E-state index contributed by atoms with van der Waals surface area (Å²) in [5.41, 5.74) is 2.40. The van der Waals surface area contributed by atoms with Crippen LogP contribution in [0.4, 0.5) is 0 Å². The Labute approximate surface area is 137 Å². The van der Waals surface area contributed by atoms with E-state index in [2.05, 4.69) is 52.8 Å². The summed E-state index contributed by atoms with van der Waals surface area (Å²) in [4.78, 5) is 4.24. The van der Waals surface area contributed by atoms with Crippen molar-refractivity contribution >= 4 is 10.8 Å². The average molecular weight is 306 g/mol. The molecule has 0 radical (unpaired) electrons. The van der Waals surface area contributed by atoms with Gasteiger partial charge in [-0.25, -0.2) is 0 Å². The van der Waals surface area contributed by atoms with Gasteiger partial charge in [0.2, 0.25) is 0 Å². The summed E-state index contributed by atoms with van der Waals surface area (Å²) >= 11 is 0. The van der Waals surface area contributed by atoms with Gasteiger partial charge in [-0.3, -0.25) is 4.98 Å². The molecular formula is C20H22N2O. The molecular weight excluding hydrogens is 284 g/mol. The minimum Gasteiger partial charge on any atom is -0.369 e. The molecule has 3 nitrogen and oxygen atoms in total. The van der Waals surface area contributed by atoms with E-state index < -0.39 is 0 Å². The second-order valence-electron chi connectivity index (χ2n) is 5.62. The average Bonchev–Trinajstić information content (AvgIpc) is 2.62. The molecule has 3 rings (SSSR count).